The number of aromatic nitrogens is 2. The van der Waals surface area contributed by atoms with E-state index in [4.69, 9.17) is 5.11 Å². The number of carbonyl (C=O) groups excluding carboxylic acids is 1. The van der Waals surface area contributed by atoms with E-state index in [0.29, 0.717) is 24.6 Å². The SMILES string of the molecule is CC(C)(CCO)CNC(=O)c1ccnc(C2CC2)n1. The van der Waals surface area contributed by atoms with Crippen LogP contribution in [0.2, 0.25) is 0 Å². The van der Waals surface area contributed by atoms with Crippen LogP contribution in [0.4, 0.5) is 0 Å². The van der Waals surface area contributed by atoms with Gasteiger partial charge >= 0.3 is 0 Å². The van der Waals surface area contributed by atoms with E-state index in [1.165, 1.54) is 0 Å². The molecule has 1 saturated carbocycles. The molecule has 0 bridgehead atoms. The summed E-state index contributed by atoms with van der Waals surface area (Å²) < 4.78 is 0. The van der Waals surface area contributed by atoms with Gasteiger partial charge in [-0.25, -0.2) is 9.97 Å². The smallest absolute Gasteiger partial charge is 0.270 e. The Balaban J connectivity index is 1.94. The molecule has 2 rings (SSSR count). The van der Waals surface area contributed by atoms with E-state index in [1.807, 2.05) is 13.8 Å². The number of nitrogens with zero attached hydrogens (tertiary/aromatic N) is 2. The van der Waals surface area contributed by atoms with E-state index in [1.54, 1.807) is 12.3 Å². The molecule has 0 aromatic carbocycles. The highest BCUT2D eigenvalue weighted by Crippen LogP contribution is 2.37. The molecule has 1 amide bonds. The third-order valence-electron chi connectivity index (χ3n) is 3.37. The average molecular weight is 263 g/mol. The predicted molar refractivity (Wildman–Crippen MR) is 71.8 cm³/mol. The molecule has 0 aliphatic heterocycles. The fraction of sp³-hybridized carbons (Fsp3) is 0.643. The largest absolute Gasteiger partial charge is 0.396 e. The molecular weight excluding hydrogens is 242 g/mol. The average Bonchev–Trinajstić information content (AvgIpc) is 3.20. The van der Waals surface area contributed by atoms with Crippen molar-refractivity contribution in [2.45, 2.75) is 39.0 Å². The van der Waals surface area contributed by atoms with Gasteiger partial charge in [0.05, 0.1) is 0 Å². The van der Waals surface area contributed by atoms with E-state index >= 15 is 0 Å². The standard InChI is InChI=1S/C14H21N3O2/c1-14(2,6-8-18)9-16-13(19)11-5-7-15-12(17-11)10-3-4-10/h5,7,10,18H,3-4,6,8-9H2,1-2H3,(H,16,19). The molecule has 1 heterocycles. The van der Waals surface area contributed by atoms with Crippen molar-refractivity contribution in [3.05, 3.63) is 23.8 Å². The summed E-state index contributed by atoms with van der Waals surface area (Å²) in [6.45, 7) is 4.68. The maximum Gasteiger partial charge on any atom is 0.270 e. The maximum absolute atomic E-state index is 12.0. The van der Waals surface area contributed by atoms with Crippen molar-refractivity contribution in [1.29, 1.82) is 0 Å². The van der Waals surface area contributed by atoms with Crippen molar-refractivity contribution in [3.8, 4) is 0 Å². The third kappa shape index (κ3) is 3.99. The second-order valence-electron chi connectivity index (χ2n) is 5.89. The van der Waals surface area contributed by atoms with Gasteiger partial charge in [-0.3, -0.25) is 4.79 Å². The molecule has 0 saturated heterocycles. The lowest BCUT2D eigenvalue weighted by molar-refractivity contribution is 0.0922. The molecule has 1 fully saturated rings. The summed E-state index contributed by atoms with van der Waals surface area (Å²) in [6.07, 6.45) is 4.54. The summed E-state index contributed by atoms with van der Waals surface area (Å²) in [4.78, 5) is 20.5. The Bertz CT molecular complexity index is 456. The highest BCUT2D eigenvalue weighted by molar-refractivity contribution is 5.92. The number of hydrogen-bond acceptors (Lipinski definition) is 4. The highest BCUT2D eigenvalue weighted by atomic mass is 16.3. The van der Waals surface area contributed by atoms with E-state index < -0.39 is 0 Å². The Morgan fingerprint density at radius 3 is 2.89 bits per heavy atom. The molecule has 19 heavy (non-hydrogen) atoms. The van der Waals surface area contributed by atoms with Crippen LogP contribution in [0.1, 0.15) is 55.3 Å². The van der Waals surface area contributed by atoms with Crippen LogP contribution in [0.5, 0.6) is 0 Å². The van der Waals surface area contributed by atoms with Gasteiger partial charge in [0.25, 0.3) is 5.91 Å². The summed E-state index contributed by atoms with van der Waals surface area (Å²) in [5.41, 5.74) is 0.313. The van der Waals surface area contributed by atoms with Crippen LogP contribution >= 0.6 is 0 Å². The molecule has 0 atom stereocenters. The summed E-state index contributed by atoms with van der Waals surface area (Å²) in [5.74, 6) is 1.05. The van der Waals surface area contributed by atoms with E-state index in [2.05, 4.69) is 15.3 Å². The minimum Gasteiger partial charge on any atom is -0.396 e. The molecule has 5 heteroatoms. The molecule has 104 valence electrons. The van der Waals surface area contributed by atoms with Gasteiger partial charge in [-0.2, -0.15) is 0 Å². The maximum atomic E-state index is 12.0. The van der Waals surface area contributed by atoms with Gasteiger partial charge < -0.3 is 10.4 Å². The van der Waals surface area contributed by atoms with Crippen molar-refractivity contribution < 1.29 is 9.90 Å². The second kappa shape index (κ2) is 5.65. The van der Waals surface area contributed by atoms with Crippen LogP contribution in [0.15, 0.2) is 12.3 Å². The topological polar surface area (TPSA) is 75.1 Å². The molecule has 0 unspecified atom stereocenters. The minimum absolute atomic E-state index is 0.114. The first-order chi connectivity index (χ1) is 9.02. The lowest BCUT2D eigenvalue weighted by Gasteiger charge is -2.23. The van der Waals surface area contributed by atoms with Crippen molar-refractivity contribution >= 4 is 5.91 Å². The van der Waals surface area contributed by atoms with Crippen molar-refractivity contribution in [2.24, 2.45) is 5.41 Å². The number of aliphatic hydroxyl groups is 1. The van der Waals surface area contributed by atoms with Crippen LogP contribution in [-0.2, 0) is 0 Å². The zero-order chi connectivity index (χ0) is 13.9. The third-order valence-corrected chi connectivity index (χ3v) is 3.37. The molecule has 5 nitrogen and oxygen atoms in total. The van der Waals surface area contributed by atoms with Crippen LogP contribution in [0.3, 0.4) is 0 Å². The first kappa shape index (κ1) is 13.9. The van der Waals surface area contributed by atoms with E-state index in [9.17, 15) is 4.79 Å². The van der Waals surface area contributed by atoms with Gasteiger partial charge in [-0.05, 0) is 30.7 Å². The Hall–Kier alpha value is -1.49. The quantitative estimate of drug-likeness (QED) is 0.815. The Kier molecular flexibility index (Phi) is 4.14. The monoisotopic (exact) mass is 263 g/mol. The number of carbonyl (C=O) groups is 1. The van der Waals surface area contributed by atoms with Crippen LogP contribution < -0.4 is 5.32 Å². The minimum atomic E-state index is -0.171. The van der Waals surface area contributed by atoms with Gasteiger partial charge in [0.15, 0.2) is 0 Å². The molecule has 0 radical (unpaired) electrons. The van der Waals surface area contributed by atoms with Gasteiger partial charge in [-0.15, -0.1) is 0 Å². The molecule has 1 aliphatic rings. The number of amides is 1. The Labute approximate surface area is 113 Å². The molecular formula is C14H21N3O2. The molecule has 1 aromatic heterocycles. The number of rotatable bonds is 6. The van der Waals surface area contributed by atoms with Gasteiger partial charge in [0.2, 0.25) is 0 Å². The van der Waals surface area contributed by atoms with Crippen LogP contribution in [0, 0.1) is 5.41 Å². The molecule has 2 N–H and O–H groups in total. The van der Waals surface area contributed by atoms with Crippen LogP contribution in [-0.4, -0.2) is 34.1 Å². The van der Waals surface area contributed by atoms with E-state index in [0.717, 1.165) is 18.7 Å². The predicted octanol–water partition coefficient (Wildman–Crippen LogP) is 1.49. The zero-order valence-corrected chi connectivity index (χ0v) is 11.5. The van der Waals surface area contributed by atoms with Crippen LogP contribution in [0.25, 0.3) is 0 Å². The summed E-state index contributed by atoms with van der Waals surface area (Å²) in [7, 11) is 0. The van der Waals surface area contributed by atoms with Crippen molar-refractivity contribution in [1.82, 2.24) is 15.3 Å². The fourth-order valence-corrected chi connectivity index (χ4v) is 1.84. The number of hydrogen-bond donors (Lipinski definition) is 2. The van der Waals surface area contributed by atoms with E-state index in [-0.39, 0.29) is 17.9 Å². The first-order valence-corrected chi connectivity index (χ1v) is 6.74. The Morgan fingerprint density at radius 2 is 2.26 bits per heavy atom. The Morgan fingerprint density at radius 1 is 1.53 bits per heavy atom. The highest BCUT2D eigenvalue weighted by Gasteiger charge is 2.27. The number of nitrogens with one attached hydrogen (secondary N) is 1. The number of aliphatic hydroxyl groups excluding tert-OH is 1. The van der Waals surface area contributed by atoms with Crippen molar-refractivity contribution in [3.63, 3.8) is 0 Å². The summed E-state index contributed by atoms with van der Waals surface area (Å²) >= 11 is 0. The molecule has 1 aromatic rings. The summed E-state index contributed by atoms with van der Waals surface area (Å²) in [6, 6.07) is 1.64. The van der Waals surface area contributed by atoms with Crippen molar-refractivity contribution in [2.75, 3.05) is 13.2 Å². The second-order valence-corrected chi connectivity index (χ2v) is 5.89. The zero-order valence-electron chi connectivity index (χ0n) is 11.5. The van der Waals surface area contributed by atoms with Gasteiger partial charge in [0, 0.05) is 25.3 Å². The fourth-order valence-electron chi connectivity index (χ4n) is 1.84. The lowest BCUT2D eigenvalue weighted by Crippen LogP contribution is -2.35. The van der Waals surface area contributed by atoms with Gasteiger partial charge in [0.1, 0.15) is 11.5 Å². The summed E-state index contributed by atoms with van der Waals surface area (Å²) in [5, 5.41) is 11.8. The molecule has 0 spiro atoms. The lowest BCUT2D eigenvalue weighted by atomic mass is 9.90. The normalized spacial score (nSPS) is 15.3. The first-order valence-electron chi connectivity index (χ1n) is 6.74. The van der Waals surface area contributed by atoms with Gasteiger partial charge in [-0.1, -0.05) is 13.8 Å². The molecule has 1 aliphatic carbocycles.